The fourth-order valence-electron chi connectivity index (χ4n) is 2.23. The van der Waals surface area contributed by atoms with Gasteiger partial charge in [0, 0.05) is 29.7 Å². The quantitative estimate of drug-likeness (QED) is 0.618. The van der Waals surface area contributed by atoms with E-state index in [4.69, 9.17) is 13.9 Å². The average molecular weight is 386 g/mol. The SMILES string of the molecule is COc1ccc(NC(=O)C(C)Sc2nnc(-c3ccncc3)o2)cc1OC. The van der Waals surface area contributed by atoms with Crippen molar-refractivity contribution in [3.05, 3.63) is 42.7 Å². The lowest BCUT2D eigenvalue weighted by Gasteiger charge is -2.12. The highest BCUT2D eigenvalue weighted by atomic mass is 32.2. The number of thioether (sulfide) groups is 1. The molecule has 0 saturated carbocycles. The summed E-state index contributed by atoms with van der Waals surface area (Å²) in [5, 5.41) is 10.7. The Kier molecular flexibility index (Phi) is 5.92. The molecule has 8 nitrogen and oxygen atoms in total. The standard InChI is InChI=1S/C18H18N4O4S/c1-11(16(23)20-13-4-5-14(24-2)15(10-13)25-3)27-18-22-21-17(26-18)12-6-8-19-9-7-12/h4-11H,1-3H3,(H,20,23). The lowest BCUT2D eigenvalue weighted by atomic mass is 10.2. The van der Waals surface area contributed by atoms with Crippen molar-refractivity contribution >= 4 is 23.4 Å². The number of amides is 1. The van der Waals surface area contributed by atoms with Crippen LogP contribution in [0.1, 0.15) is 6.92 Å². The second kappa shape index (κ2) is 8.54. The highest BCUT2D eigenvalue weighted by Gasteiger charge is 2.19. The van der Waals surface area contributed by atoms with Gasteiger partial charge >= 0.3 is 0 Å². The molecule has 1 unspecified atom stereocenters. The van der Waals surface area contributed by atoms with Crippen molar-refractivity contribution in [3.63, 3.8) is 0 Å². The first-order valence-corrected chi connectivity index (χ1v) is 8.92. The van der Waals surface area contributed by atoms with Gasteiger partial charge in [-0.3, -0.25) is 9.78 Å². The van der Waals surface area contributed by atoms with E-state index in [0.717, 1.165) is 5.56 Å². The number of nitrogens with zero attached hydrogens (tertiary/aromatic N) is 3. The van der Waals surface area contributed by atoms with Crippen LogP contribution in [-0.4, -0.2) is 40.6 Å². The molecule has 1 atom stereocenters. The molecule has 2 aromatic heterocycles. The Labute approximate surface area is 160 Å². The lowest BCUT2D eigenvalue weighted by molar-refractivity contribution is -0.115. The smallest absolute Gasteiger partial charge is 0.277 e. The van der Waals surface area contributed by atoms with Crippen LogP contribution in [0.4, 0.5) is 5.69 Å². The highest BCUT2D eigenvalue weighted by Crippen LogP contribution is 2.31. The van der Waals surface area contributed by atoms with E-state index in [2.05, 4.69) is 20.5 Å². The van der Waals surface area contributed by atoms with Crippen LogP contribution >= 0.6 is 11.8 Å². The first-order valence-electron chi connectivity index (χ1n) is 8.04. The number of nitrogens with one attached hydrogen (secondary N) is 1. The Hall–Kier alpha value is -3.07. The zero-order valence-electron chi connectivity index (χ0n) is 15.0. The number of anilines is 1. The fraction of sp³-hybridized carbons (Fsp3) is 0.222. The molecule has 0 aliphatic rings. The van der Waals surface area contributed by atoms with E-state index in [1.807, 2.05) is 0 Å². The van der Waals surface area contributed by atoms with Crippen molar-refractivity contribution in [1.29, 1.82) is 0 Å². The zero-order chi connectivity index (χ0) is 19.2. The maximum Gasteiger partial charge on any atom is 0.277 e. The lowest BCUT2D eigenvalue weighted by Crippen LogP contribution is -2.22. The molecule has 27 heavy (non-hydrogen) atoms. The predicted molar refractivity (Wildman–Crippen MR) is 101 cm³/mol. The minimum atomic E-state index is -0.441. The number of carbonyl (C=O) groups excluding carboxylic acids is 1. The average Bonchev–Trinajstić information content (AvgIpc) is 3.17. The van der Waals surface area contributed by atoms with Crippen molar-refractivity contribution in [2.24, 2.45) is 0 Å². The molecule has 1 N–H and O–H groups in total. The number of hydrogen-bond acceptors (Lipinski definition) is 8. The molecule has 3 rings (SSSR count). The van der Waals surface area contributed by atoms with Crippen LogP contribution < -0.4 is 14.8 Å². The number of rotatable bonds is 7. The van der Waals surface area contributed by atoms with Crippen molar-refractivity contribution in [3.8, 4) is 23.0 Å². The van der Waals surface area contributed by atoms with E-state index >= 15 is 0 Å². The molecule has 9 heteroatoms. The van der Waals surface area contributed by atoms with Crippen LogP contribution in [-0.2, 0) is 4.79 Å². The van der Waals surface area contributed by atoms with Gasteiger partial charge in [0.15, 0.2) is 11.5 Å². The second-order valence-corrected chi connectivity index (χ2v) is 6.72. The van der Waals surface area contributed by atoms with E-state index in [1.165, 1.54) is 18.9 Å². The van der Waals surface area contributed by atoms with Crippen LogP contribution in [0.5, 0.6) is 11.5 Å². The number of hydrogen-bond donors (Lipinski definition) is 1. The molecular weight excluding hydrogens is 368 g/mol. The van der Waals surface area contributed by atoms with Gasteiger partial charge in [-0.2, -0.15) is 0 Å². The molecule has 2 heterocycles. The van der Waals surface area contributed by atoms with Gasteiger partial charge < -0.3 is 19.2 Å². The maximum atomic E-state index is 12.4. The Morgan fingerprint density at radius 1 is 1.11 bits per heavy atom. The summed E-state index contributed by atoms with van der Waals surface area (Å²) in [6.07, 6.45) is 3.29. The van der Waals surface area contributed by atoms with Crippen LogP contribution in [0.15, 0.2) is 52.4 Å². The monoisotopic (exact) mass is 386 g/mol. The van der Waals surface area contributed by atoms with Gasteiger partial charge in [-0.05, 0) is 31.2 Å². The summed E-state index contributed by atoms with van der Waals surface area (Å²) in [5.74, 6) is 1.31. The topological polar surface area (TPSA) is 99.4 Å². The second-order valence-electron chi connectivity index (χ2n) is 5.43. The fourth-order valence-corrected chi connectivity index (χ4v) is 2.91. The molecule has 0 aliphatic carbocycles. The summed E-state index contributed by atoms with van der Waals surface area (Å²) in [7, 11) is 3.09. The summed E-state index contributed by atoms with van der Waals surface area (Å²) in [6.45, 7) is 1.76. The number of ether oxygens (including phenoxy) is 2. The van der Waals surface area contributed by atoms with Gasteiger partial charge in [0.2, 0.25) is 11.8 Å². The van der Waals surface area contributed by atoms with Gasteiger partial charge in [0.1, 0.15) is 0 Å². The molecule has 1 amide bonds. The Balaban J connectivity index is 1.64. The molecule has 1 aromatic carbocycles. The van der Waals surface area contributed by atoms with E-state index in [9.17, 15) is 4.79 Å². The van der Waals surface area contributed by atoms with E-state index < -0.39 is 5.25 Å². The third kappa shape index (κ3) is 4.56. The van der Waals surface area contributed by atoms with Crippen molar-refractivity contribution in [2.75, 3.05) is 19.5 Å². The predicted octanol–water partition coefficient (Wildman–Crippen LogP) is 3.27. The number of methoxy groups -OCH3 is 2. The maximum absolute atomic E-state index is 12.4. The van der Waals surface area contributed by atoms with Gasteiger partial charge in [-0.25, -0.2) is 0 Å². The summed E-state index contributed by atoms with van der Waals surface area (Å²) in [6, 6.07) is 8.71. The van der Waals surface area contributed by atoms with E-state index in [1.54, 1.807) is 56.8 Å². The summed E-state index contributed by atoms with van der Waals surface area (Å²) in [4.78, 5) is 16.4. The molecule has 0 saturated heterocycles. The number of carbonyl (C=O) groups is 1. The third-order valence-corrected chi connectivity index (χ3v) is 4.57. The van der Waals surface area contributed by atoms with Crippen LogP contribution in [0.2, 0.25) is 0 Å². The zero-order valence-corrected chi connectivity index (χ0v) is 15.8. The minimum absolute atomic E-state index is 0.198. The molecule has 3 aromatic rings. The molecule has 0 aliphatic heterocycles. The van der Waals surface area contributed by atoms with E-state index in [-0.39, 0.29) is 5.91 Å². The van der Waals surface area contributed by atoms with Crippen LogP contribution in [0.25, 0.3) is 11.5 Å². The molecule has 0 bridgehead atoms. The number of benzene rings is 1. The van der Waals surface area contributed by atoms with Gasteiger partial charge in [0.05, 0.1) is 19.5 Å². The van der Waals surface area contributed by atoms with Crippen molar-refractivity contribution < 1.29 is 18.7 Å². The molecule has 0 radical (unpaired) electrons. The van der Waals surface area contributed by atoms with Crippen LogP contribution in [0.3, 0.4) is 0 Å². The Bertz CT molecular complexity index is 917. The summed E-state index contributed by atoms with van der Waals surface area (Å²) < 4.78 is 16.0. The summed E-state index contributed by atoms with van der Waals surface area (Å²) in [5.41, 5.74) is 1.37. The molecule has 0 fully saturated rings. The van der Waals surface area contributed by atoms with Crippen molar-refractivity contribution in [1.82, 2.24) is 15.2 Å². The molecule has 140 valence electrons. The van der Waals surface area contributed by atoms with Crippen LogP contribution in [0, 0.1) is 0 Å². The highest BCUT2D eigenvalue weighted by molar-refractivity contribution is 8.00. The van der Waals surface area contributed by atoms with Crippen molar-refractivity contribution in [2.45, 2.75) is 17.4 Å². The van der Waals surface area contributed by atoms with Gasteiger partial charge in [0.25, 0.3) is 5.22 Å². The Morgan fingerprint density at radius 2 is 1.85 bits per heavy atom. The number of pyridine rings is 1. The first-order chi connectivity index (χ1) is 13.1. The minimum Gasteiger partial charge on any atom is -0.493 e. The molecule has 0 spiro atoms. The normalized spacial score (nSPS) is 11.7. The summed E-state index contributed by atoms with van der Waals surface area (Å²) >= 11 is 1.18. The van der Waals surface area contributed by atoms with Gasteiger partial charge in [-0.15, -0.1) is 10.2 Å². The molecular formula is C18H18N4O4S. The third-order valence-electron chi connectivity index (χ3n) is 3.63. The largest absolute Gasteiger partial charge is 0.493 e. The van der Waals surface area contributed by atoms with Gasteiger partial charge in [-0.1, -0.05) is 11.8 Å². The van der Waals surface area contributed by atoms with E-state index in [0.29, 0.717) is 28.3 Å². The first kappa shape index (κ1) is 18.7. The number of aromatic nitrogens is 3. The Morgan fingerprint density at radius 3 is 2.56 bits per heavy atom.